The van der Waals surface area contributed by atoms with Crippen LogP contribution >= 0.6 is 0 Å². The summed E-state index contributed by atoms with van der Waals surface area (Å²) in [6.07, 6.45) is 1.50. The Morgan fingerprint density at radius 2 is 1.68 bits per heavy atom. The van der Waals surface area contributed by atoms with Gasteiger partial charge < -0.3 is 14.5 Å². The molecule has 0 spiro atoms. The predicted molar refractivity (Wildman–Crippen MR) is 107 cm³/mol. The Bertz CT molecular complexity index is 943. The van der Waals surface area contributed by atoms with Crippen LogP contribution in [-0.4, -0.2) is 48.0 Å². The maximum absolute atomic E-state index is 14.1. The van der Waals surface area contributed by atoms with Crippen molar-refractivity contribution in [1.82, 2.24) is 15.2 Å². The zero-order valence-corrected chi connectivity index (χ0v) is 15.8. The number of para-hydroxylation sites is 2. The lowest BCUT2D eigenvalue weighted by molar-refractivity contribution is 0.340. The fourth-order valence-corrected chi connectivity index (χ4v) is 3.37. The Morgan fingerprint density at radius 3 is 2.46 bits per heavy atom. The summed E-state index contributed by atoms with van der Waals surface area (Å²) < 4.78 is 19.8. The zero-order chi connectivity index (χ0) is 19.3. The first-order chi connectivity index (χ1) is 13.8. The molecule has 1 fully saturated rings. The number of piperazine rings is 1. The van der Waals surface area contributed by atoms with Crippen molar-refractivity contribution in [2.75, 3.05) is 42.6 Å². The number of benzene rings is 2. The van der Waals surface area contributed by atoms with E-state index in [1.807, 2.05) is 25.1 Å². The highest BCUT2D eigenvalue weighted by molar-refractivity contribution is 5.61. The van der Waals surface area contributed by atoms with Gasteiger partial charge in [-0.05, 0) is 31.2 Å². The Hall–Kier alpha value is -3.22. The van der Waals surface area contributed by atoms with Crippen molar-refractivity contribution in [3.8, 4) is 17.0 Å². The third kappa shape index (κ3) is 3.74. The second-order valence-electron chi connectivity index (χ2n) is 6.50. The normalized spacial score (nSPS) is 14.2. The summed E-state index contributed by atoms with van der Waals surface area (Å²) in [4.78, 5) is 8.92. The highest BCUT2D eigenvalue weighted by atomic mass is 19.1. The van der Waals surface area contributed by atoms with Gasteiger partial charge in [-0.25, -0.2) is 9.37 Å². The van der Waals surface area contributed by atoms with Gasteiger partial charge in [0.05, 0.1) is 24.2 Å². The van der Waals surface area contributed by atoms with Gasteiger partial charge in [-0.1, -0.05) is 24.3 Å². The van der Waals surface area contributed by atoms with Crippen LogP contribution in [0.5, 0.6) is 5.75 Å². The summed E-state index contributed by atoms with van der Waals surface area (Å²) in [5.74, 6) is 1.11. The Labute approximate surface area is 163 Å². The molecule has 0 bridgehead atoms. The molecule has 2 heterocycles. The van der Waals surface area contributed by atoms with Crippen LogP contribution in [-0.2, 0) is 0 Å². The van der Waals surface area contributed by atoms with Gasteiger partial charge >= 0.3 is 0 Å². The van der Waals surface area contributed by atoms with Crippen LogP contribution in [0.15, 0.2) is 54.7 Å². The highest BCUT2D eigenvalue weighted by Gasteiger charge is 2.22. The van der Waals surface area contributed by atoms with Crippen LogP contribution < -0.4 is 14.5 Å². The minimum Gasteiger partial charge on any atom is -0.492 e. The van der Waals surface area contributed by atoms with Gasteiger partial charge in [0.25, 0.3) is 0 Å². The minimum absolute atomic E-state index is 0.314. The third-order valence-electron chi connectivity index (χ3n) is 4.77. The van der Waals surface area contributed by atoms with Crippen molar-refractivity contribution in [3.63, 3.8) is 0 Å². The molecule has 0 unspecified atom stereocenters. The molecule has 0 radical (unpaired) electrons. The zero-order valence-electron chi connectivity index (χ0n) is 15.8. The molecule has 144 valence electrons. The van der Waals surface area contributed by atoms with Crippen molar-refractivity contribution in [2.45, 2.75) is 6.92 Å². The van der Waals surface area contributed by atoms with Crippen molar-refractivity contribution in [3.05, 3.63) is 60.5 Å². The van der Waals surface area contributed by atoms with Crippen LogP contribution in [0.2, 0.25) is 0 Å². The first-order valence-electron chi connectivity index (χ1n) is 9.42. The molecule has 1 aromatic heterocycles. The van der Waals surface area contributed by atoms with Gasteiger partial charge in [-0.2, -0.15) is 5.10 Å². The van der Waals surface area contributed by atoms with Gasteiger partial charge in [0.2, 0.25) is 5.95 Å². The predicted octanol–water partition coefficient (Wildman–Crippen LogP) is 3.40. The first kappa shape index (κ1) is 18.2. The summed E-state index contributed by atoms with van der Waals surface area (Å²) in [5.41, 5.74) is 2.03. The standard InChI is InChI=1S/C21H22FN5O/c1-2-28-20-10-6-5-9-19(20)26-11-13-27(14-12-26)21-24-18(15-23-25-21)16-7-3-4-8-17(16)22/h3-10,15H,2,11-14H2,1H3. The number of halogens is 1. The smallest absolute Gasteiger partial charge is 0.246 e. The second-order valence-corrected chi connectivity index (χ2v) is 6.50. The molecule has 6 nitrogen and oxygen atoms in total. The number of aromatic nitrogens is 3. The molecule has 0 N–H and O–H groups in total. The Morgan fingerprint density at radius 1 is 0.964 bits per heavy atom. The Balaban J connectivity index is 1.49. The maximum atomic E-state index is 14.1. The van der Waals surface area contributed by atoms with Crippen LogP contribution in [0.1, 0.15) is 6.92 Å². The fourth-order valence-electron chi connectivity index (χ4n) is 3.37. The number of nitrogens with zero attached hydrogens (tertiary/aromatic N) is 5. The lowest BCUT2D eigenvalue weighted by Gasteiger charge is -2.36. The molecule has 0 aliphatic carbocycles. The van der Waals surface area contributed by atoms with E-state index in [9.17, 15) is 4.39 Å². The number of hydrogen-bond acceptors (Lipinski definition) is 6. The van der Waals surface area contributed by atoms with E-state index in [1.165, 1.54) is 12.3 Å². The van der Waals surface area contributed by atoms with Crippen molar-refractivity contribution >= 4 is 11.6 Å². The van der Waals surface area contributed by atoms with Crippen LogP contribution in [0.4, 0.5) is 16.0 Å². The van der Waals surface area contributed by atoms with Gasteiger partial charge in [0.15, 0.2) is 0 Å². The average Bonchev–Trinajstić information content (AvgIpc) is 2.75. The molecular formula is C21H22FN5O. The molecule has 0 atom stereocenters. The molecule has 2 aromatic carbocycles. The van der Waals surface area contributed by atoms with E-state index < -0.39 is 0 Å². The van der Waals surface area contributed by atoms with Crippen molar-refractivity contribution in [1.29, 1.82) is 0 Å². The maximum Gasteiger partial charge on any atom is 0.246 e. The van der Waals surface area contributed by atoms with Gasteiger partial charge in [-0.3, -0.25) is 0 Å². The van der Waals surface area contributed by atoms with Crippen molar-refractivity contribution in [2.24, 2.45) is 0 Å². The molecule has 1 aliphatic rings. The van der Waals surface area contributed by atoms with Gasteiger partial charge in [-0.15, -0.1) is 5.10 Å². The van der Waals surface area contributed by atoms with E-state index in [4.69, 9.17) is 4.74 Å². The summed E-state index contributed by atoms with van der Waals surface area (Å²) in [6.45, 7) is 5.77. The van der Waals surface area contributed by atoms with Crippen LogP contribution in [0, 0.1) is 5.82 Å². The molecular weight excluding hydrogens is 357 g/mol. The second kappa shape index (κ2) is 8.21. The van der Waals surface area contributed by atoms with E-state index in [-0.39, 0.29) is 5.82 Å². The summed E-state index contributed by atoms with van der Waals surface area (Å²) in [5, 5.41) is 8.20. The van der Waals surface area contributed by atoms with E-state index in [0.29, 0.717) is 23.8 Å². The largest absolute Gasteiger partial charge is 0.492 e. The fraction of sp³-hybridized carbons (Fsp3) is 0.286. The van der Waals surface area contributed by atoms with E-state index in [2.05, 4.69) is 31.0 Å². The quantitative estimate of drug-likeness (QED) is 0.677. The summed E-state index contributed by atoms with van der Waals surface area (Å²) in [6, 6.07) is 14.7. The van der Waals surface area contributed by atoms with E-state index >= 15 is 0 Å². The molecule has 0 amide bonds. The number of hydrogen-bond donors (Lipinski definition) is 0. The number of rotatable bonds is 5. The number of anilines is 2. The van der Waals surface area contributed by atoms with E-state index in [1.54, 1.807) is 18.2 Å². The lowest BCUT2D eigenvalue weighted by Crippen LogP contribution is -2.47. The molecule has 0 saturated carbocycles. The molecule has 1 aliphatic heterocycles. The number of ether oxygens (including phenoxy) is 1. The highest BCUT2D eigenvalue weighted by Crippen LogP contribution is 2.29. The minimum atomic E-state index is -0.314. The molecule has 7 heteroatoms. The van der Waals surface area contributed by atoms with E-state index in [0.717, 1.165) is 37.6 Å². The topological polar surface area (TPSA) is 54.4 Å². The average molecular weight is 379 g/mol. The van der Waals surface area contributed by atoms with Crippen LogP contribution in [0.3, 0.4) is 0 Å². The third-order valence-corrected chi connectivity index (χ3v) is 4.77. The SMILES string of the molecule is CCOc1ccccc1N1CCN(c2nncc(-c3ccccc3F)n2)CC1. The van der Waals surface area contributed by atoms with Gasteiger partial charge in [0.1, 0.15) is 11.6 Å². The monoisotopic (exact) mass is 379 g/mol. The summed E-state index contributed by atoms with van der Waals surface area (Å²) in [7, 11) is 0. The molecule has 1 saturated heterocycles. The van der Waals surface area contributed by atoms with Crippen LogP contribution in [0.25, 0.3) is 11.3 Å². The summed E-state index contributed by atoms with van der Waals surface area (Å²) >= 11 is 0. The molecule has 4 rings (SSSR count). The molecule has 3 aromatic rings. The lowest BCUT2D eigenvalue weighted by atomic mass is 10.1. The molecule has 28 heavy (non-hydrogen) atoms. The first-order valence-corrected chi connectivity index (χ1v) is 9.42. The Kier molecular flexibility index (Phi) is 5.32. The van der Waals surface area contributed by atoms with Crippen molar-refractivity contribution < 1.29 is 9.13 Å². The van der Waals surface area contributed by atoms with Gasteiger partial charge in [0, 0.05) is 31.7 Å².